The van der Waals surface area contributed by atoms with E-state index in [1.54, 1.807) is 0 Å². The van der Waals surface area contributed by atoms with Gasteiger partial charge in [-0.3, -0.25) is 0 Å². The Labute approximate surface area is 97.9 Å². The van der Waals surface area contributed by atoms with Crippen LogP contribution in [0.1, 0.15) is 74.9 Å². The number of rotatable bonds is 5. The predicted octanol–water partition coefficient (Wildman–Crippen LogP) is 4.73. The van der Waals surface area contributed by atoms with Crippen LogP contribution in [0, 0.1) is 0 Å². The van der Waals surface area contributed by atoms with Gasteiger partial charge in [-0.2, -0.15) is 0 Å². The largest absolute Gasteiger partial charge is 0.245 e. The maximum absolute atomic E-state index is 4.78. The van der Waals surface area contributed by atoms with Gasteiger partial charge in [-0.25, -0.2) is 4.98 Å². The van der Waals surface area contributed by atoms with Crippen molar-refractivity contribution in [1.29, 1.82) is 0 Å². The third-order valence-corrected chi connectivity index (χ3v) is 3.97. The smallest absolute Gasteiger partial charge is 0.0956 e. The third-order valence-electron chi connectivity index (χ3n) is 2.54. The molecule has 1 aromatic heterocycles. The van der Waals surface area contributed by atoms with Crippen molar-refractivity contribution in [2.75, 3.05) is 0 Å². The number of unbranched alkanes of at least 4 members (excludes halogenated alkanes) is 1. The Morgan fingerprint density at radius 3 is 2.27 bits per heavy atom. The van der Waals surface area contributed by atoms with Gasteiger partial charge in [-0.15, -0.1) is 11.3 Å². The molecule has 0 aliphatic carbocycles. The first-order valence-corrected chi connectivity index (χ1v) is 6.87. The Balaban J connectivity index is 2.90. The van der Waals surface area contributed by atoms with Gasteiger partial charge in [0.1, 0.15) is 0 Å². The molecule has 0 radical (unpaired) electrons. The zero-order valence-electron chi connectivity index (χ0n) is 10.6. The predicted molar refractivity (Wildman–Crippen MR) is 68.9 cm³/mol. The van der Waals surface area contributed by atoms with Crippen LogP contribution in [-0.2, 0) is 6.42 Å². The molecule has 0 saturated heterocycles. The molecule has 1 aromatic rings. The monoisotopic (exact) mass is 225 g/mol. The highest BCUT2D eigenvalue weighted by Gasteiger charge is 2.15. The fourth-order valence-electron chi connectivity index (χ4n) is 1.60. The van der Waals surface area contributed by atoms with Crippen molar-refractivity contribution in [2.45, 2.75) is 65.7 Å². The molecule has 0 spiro atoms. The Morgan fingerprint density at radius 2 is 1.80 bits per heavy atom. The quantitative estimate of drug-likeness (QED) is 0.706. The van der Waals surface area contributed by atoms with Gasteiger partial charge in [0.2, 0.25) is 0 Å². The molecule has 0 aliphatic rings. The average Bonchev–Trinajstić information content (AvgIpc) is 2.58. The second-order valence-electron chi connectivity index (χ2n) is 4.77. The summed E-state index contributed by atoms with van der Waals surface area (Å²) >= 11 is 1.92. The molecule has 86 valence electrons. The molecule has 0 fully saturated rings. The van der Waals surface area contributed by atoms with Gasteiger partial charge in [-0.1, -0.05) is 41.0 Å². The van der Waals surface area contributed by atoms with Crippen molar-refractivity contribution in [2.24, 2.45) is 0 Å². The van der Waals surface area contributed by atoms with E-state index in [0.29, 0.717) is 11.8 Å². The highest BCUT2D eigenvalue weighted by atomic mass is 32.1. The van der Waals surface area contributed by atoms with Gasteiger partial charge in [0.15, 0.2) is 0 Å². The van der Waals surface area contributed by atoms with Crippen molar-refractivity contribution < 1.29 is 0 Å². The van der Waals surface area contributed by atoms with Crippen molar-refractivity contribution >= 4 is 11.3 Å². The van der Waals surface area contributed by atoms with Gasteiger partial charge < -0.3 is 0 Å². The average molecular weight is 225 g/mol. The van der Waals surface area contributed by atoms with Crippen LogP contribution in [0.3, 0.4) is 0 Å². The van der Waals surface area contributed by atoms with Crippen LogP contribution in [0.2, 0.25) is 0 Å². The SMILES string of the molecule is CCCCc1sc(C(C)C)nc1C(C)C. The van der Waals surface area contributed by atoms with Gasteiger partial charge in [-0.05, 0) is 18.8 Å². The Morgan fingerprint density at radius 1 is 1.13 bits per heavy atom. The lowest BCUT2D eigenvalue weighted by Gasteiger charge is -2.03. The second kappa shape index (κ2) is 5.64. The van der Waals surface area contributed by atoms with Crippen LogP contribution in [0.5, 0.6) is 0 Å². The van der Waals surface area contributed by atoms with Gasteiger partial charge >= 0.3 is 0 Å². The minimum atomic E-state index is 0.570. The van der Waals surface area contributed by atoms with E-state index in [4.69, 9.17) is 4.98 Å². The van der Waals surface area contributed by atoms with Crippen LogP contribution in [-0.4, -0.2) is 4.98 Å². The number of hydrogen-bond donors (Lipinski definition) is 0. The Bertz CT molecular complexity index is 299. The molecular formula is C13H23NS. The van der Waals surface area contributed by atoms with E-state index in [-0.39, 0.29) is 0 Å². The van der Waals surface area contributed by atoms with Crippen LogP contribution in [0.25, 0.3) is 0 Å². The van der Waals surface area contributed by atoms with Gasteiger partial charge in [0, 0.05) is 10.8 Å². The summed E-state index contributed by atoms with van der Waals surface area (Å²) < 4.78 is 0. The number of thiazole rings is 1. The highest BCUT2D eigenvalue weighted by molar-refractivity contribution is 7.11. The molecule has 0 atom stereocenters. The lowest BCUT2D eigenvalue weighted by atomic mass is 10.1. The first-order chi connectivity index (χ1) is 7.06. The molecule has 1 rings (SSSR count). The van der Waals surface area contributed by atoms with Crippen molar-refractivity contribution in [3.63, 3.8) is 0 Å². The molecule has 0 bridgehead atoms. The van der Waals surface area contributed by atoms with E-state index in [1.165, 1.54) is 34.8 Å². The molecular weight excluding hydrogens is 202 g/mol. The third kappa shape index (κ3) is 3.30. The van der Waals surface area contributed by atoms with E-state index in [2.05, 4.69) is 34.6 Å². The number of nitrogens with zero attached hydrogens (tertiary/aromatic N) is 1. The Hall–Kier alpha value is -0.370. The zero-order chi connectivity index (χ0) is 11.4. The minimum Gasteiger partial charge on any atom is -0.245 e. The van der Waals surface area contributed by atoms with Crippen LogP contribution in [0.4, 0.5) is 0 Å². The molecule has 0 aromatic carbocycles. The molecule has 0 N–H and O–H groups in total. The second-order valence-corrected chi connectivity index (χ2v) is 5.89. The summed E-state index contributed by atoms with van der Waals surface area (Å²) in [5, 5.41) is 1.31. The standard InChI is InChI=1S/C13H23NS/c1-6-7-8-11-12(9(2)3)14-13(15-11)10(4)5/h9-10H,6-8H2,1-5H3. The fourth-order valence-corrected chi connectivity index (χ4v) is 2.86. The number of aryl methyl sites for hydroxylation is 1. The van der Waals surface area contributed by atoms with Gasteiger partial charge in [0.25, 0.3) is 0 Å². The van der Waals surface area contributed by atoms with Crippen molar-refractivity contribution in [3.05, 3.63) is 15.6 Å². The molecule has 0 amide bonds. The molecule has 0 aliphatic heterocycles. The zero-order valence-corrected chi connectivity index (χ0v) is 11.4. The lowest BCUT2D eigenvalue weighted by molar-refractivity contribution is 0.755. The number of hydrogen-bond acceptors (Lipinski definition) is 2. The van der Waals surface area contributed by atoms with Crippen LogP contribution in [0.15, 0.2) is 0 Å². The molecule has 0 unspecified atom stereocenters. The first kappa shape index (κ1) is 12.7. The molecule has 1 nitrogen and oxygen atoms in total. The van der Waals surface area contributed by atoms with Gasteiger partial charge in [0.05, 0.1) is 10.7 Å². The van der Waals surface area contributed by atoms with Crippen molar-refractivity contribution in [1.82, 2.24) is 4.98 Å². The maximum atomic E-state index is 4.78. The maximum Gasteiger partial charge on any atom is 0.0956 e. The summed E-state index contributed by atoms with van der Waals surface area (Å²) in [4.78, 5) is 6.30. The van der Waals surface area contributed by atoms with Crippen LogP contribution < -0.4 is 0 Å². The van der Waals surface area contributed by atoms with E-state index in [9.17, 15) is 0 Å². The van der Waals surface area contributed by atoms with E-state index >= 15 is 0 Å². The van der Waals surface area contributed by atoms with Crippen molar-refractivity contribution in [3.8, 4) is 0 Å². The fraction of sp³-hybridized carbons (Fsp3) is 0.769. The van der Waals surface area contributed by atoms with E-state index in [1.807, 2.05) is 11.3 Å². The first-order valence-electron chi connectivity index (χ1n) is 6.05. The number of aromatic nitrogens is 1. The van der Waals surface area contributed by atoms with E-state index < -0.39 is 0 Å². The summed E-state index contributed by atoms with van der Waals surface area (Å²) in [7, 11) is 0. The van der Waals surface area contributed by atoms with Crippen LogP contribution >= 0.6 is 11.3 Å². The molecule has 15 heavy (non-hydrogen) atoms. The Kier molecular flexibility index (Phi) is 4.78. The minimum absolute atomic E-state index is 0.570. The lowest BCUT2D eigenvalue weighted by Crippen LogP contribution is -1.94. The summed E-state index contributed by atoms with van der Waals surface area (Å²) in [6.07, 6.45) is 3.78. The summed E-state index contributed by atoms with van der Waals surface area (Å²) in [5.41, 5.74) is 1.34. The normalized spacial score (nSPS) is 11.7. The summed E-state index contributed by atoms with van der Waals surface area (Å²) in [6, 6.07) is 0. The highest BCUT2D eigenvalue weighted by Crippen LogP contribution is 2.30. The molecule has 2 heteroatoms. The topological polar surface area (TPSA) is 12.9 Å². The summed E-state index contributed by atoms with van der Waals surface area (Å²) in [6.45, 7) is 11.2. The molecule has 0 saturated carbocycles. The summed E-state index contributed by atoms with van der Waals surface area (Å²) in [5.74, 6) is 1.14. The molecule has 1 heterocycles. The van der Waals surface area contributed by atoms with E-state index in [0.717, 1.165) is 0 Å².